The molecule has 1 aromatic rings. The number of hydrogen-bond acceptors (Lipinski definition) is 4. The van der Waals surface area contributed by atoms with Crippen molar-refractivity contribution in [3.05, 3.63) is 35.4 Å². The first-order chi connectivity index (χ1) is 11.8. The van der Waals surface area contributed by atoms with Gasteiger partial charge in [-0.05, 0) is 35.3 Å². The van der Waals surface area contributed by atoms with Crippen LogP contribution in [0.4, 0.5) is 0 Å². The Hall–Kier alpha value is -1.84. The minimum atomic E-state index is -0.247. The van der Waals surface area contributed by atoms with E-state index in [2.05, 4.69) is 38.1 Å². The van der Waals surface area contributed by atoms with E-state index in [4.69, 9.17) is 9.47 Å². The lowest BCUT2D eigenvalue weighted by Crippen LogP contribution is -2.48. The number of esters is 2. The van der Waals surface area contributed by atoms with Crippen LogP contribution in [0, 0.1) is 11.3 Å². The molecule has 0 saturated heterocycles. The van der Waals surface area contributed by atoms with Crippen LogP contribution in [0.3, 0.4) is 0 Å². The number of ether oxygens (including phenoxy) is 2. The van der Waals surface area contributed by atoms with Crippen LogP contribution in [-0.2, 0) is 24.5 Å². The third-order valence-electron chi connectivity index (χ3n) is 6.33. The molecule has 1 fully saturated rings. The maximum absolute atomic E-state index is 11.4. The first-order valence-electron chi connectivity index (χ1n) is 9.14. The molecule has 0 aromatic heterocycles. The fourth-order valence-electron chi connectivity index (χ4n) is 5.51. The molecule has 0 aliphatic heterocycles. The van der Waals surface area contributed by atoms with Gasteiger partial charge >= 0.3 is 11.9 Å². The smallest absolute Gasteiger partial charge is 0.302 e. The molecule has 4 atom stereocenters. The van der Waals surface area contributed by atoms with Crippen molar-refractivity contribution in [3.63, 3.8) is 0 Å². The van der Waals surface area contributed by atoms with Gasteiger partial charge in [0.15, 0.2) is 0 Å². The van der Waals surface area contributed by atoms with E-state index in [0.29, 0.717) is 13.2 Å². The Labute approximate surface area is 149 Å². The van der Waals surface area contributed by atoms with Gasteiger partial charge in [0.1, 0.15) is 0 Å². The van der Waals surface area contributed by atoms with Crippen LogP contribution in [0.2, 0.25) is 0 Å². The molecule has 0 spiro atoms. The van der Waals surface area contributed by atoms with Crippen LogP contribution in [-0.4, -0.2) is 25.2 Å². The predicted molar refractivity (Wildman–Crippen MR) is 95.2 cm³/mol. The van der Waals surface area contributed by atoms with Crippen LogP contribution in [0.1, 0.15) is 64.0 Å². The molecule has 4 unspecified atom stereocenters. The van der Waals surface area contributed by atoms with Crippen molar-refractivity contribution in [2.45, 2.75) is 58.3 Å². The molecule has 0 N–H and O–H groups in total. The van der Waals surface area contributed by atoms with Gasteiger partial charge in [-0.1, -0.05) is 44.5 Å². The Balaban J connectivity index is 2.02. The van der Waals surface area contributed by atoms with Gasteiger partial charge < -0.3 is 9.47 Å². The van der Waals surface area contributed by atoms with E-state index in [-0.39, 0.29) is 34.6 Å². The van der Waals surface area contributed by atoms with Gasteiger partial charge in [0.25, 0.3) is 0 Å². The lowest BCUT2D eigenvalue weighted by atomic mass is 9.54. The highest BCUT2D eigenvalue weighted by molar-refractivity contribution is 5.66. The Kier molecular flexibility index (Phi) is 4.65. The molecule has 3 rings (SSSR count). The van der Waals surface area contributed by atoms with E-state index >= 15 is 0 Å². The highest BCUT2D eigenvalue weighted by Crippen LogP contribution is 2.63. The van der Waals surface area contributed by atoms with Crippen molar-refractivity contribution in [2.24, 2.45) is 11.3 Å². The van der Waals surface area contributed by atoms with E-state index in [0.717, 1.165) is 19.3 Å². The number of carbonyl (C=O) groups is 2. The Morgan fingerprint density at radius 3 is 2.44 bits per heavy atom. The lowest BCUT2D eigenvalue weighted by molar-refractivity contribution is -0.149. The standard InChI is InChI=1S/C21H28O4/c1-14(22)24-12-17-16-8-5-6-9-18(16)21(4)11-7-10-20(3,19(17)21)13-25-15(2)23/h5-6,8-9,17,19H,7,10-13H2,1-4H3. The largest absolute Gasteiger partial charge is 0.465 e. The second kappa shape index (κ2) is 6.47. The van der Waals surface area contributed by atoms with E-state index in [9.17, 15) is 9.59 Å². The first kappa shape index (κ1) is 18.0. The summed E-state index contributed by atoms with van der Waals surface area (Å²) < 4.78 is 10.9. The average molecular weight is 344 g/mol. The summed E-state index contributed by atoms with van der Waals surface area (Å²) in [5.74, 6) is -0.0556. The molecule has 0 bridgehead atoms. The van der Waals surface area contributed by atoms with Gasteiger partial charge in [-0.2, -0.15) is 0 Å². The first-order valence-corrected chi connectivity index (χ1v) is 9.14. The predicted octanol–water partition coefficient (Wildman–Crippen LogP) is 3.97. The summed E-state index contributed by atoms with van der Waals surface area (Å²) in [7, 11) is 0. The van der Waals surface area contributed by atoms with E-state index in [1.165, 1.54) is 25.0 Å². The molecule has 0 heterocycles. The zero-order chi connectivity index (χ0) is 18.2. The SMILES string of the molecule is CC(=O)OCC1c2ccccc2C2(C)CCCC(C)(COC(C)=O)C12. The molecule has 1 aromatic carbocycles. The van der Waals surface area contributed by atoms with Crippen molar-refractivity contribution in [3.8, 4) is 0 Å². The van der Waals surface area contributed by atoms with Crippen LogP contribution >= 0.6 is 0 Å². The van der Waals surface area contributed by atoms with Crippen molar-refractivity contribution in [1.29, 1.82) is 0 Å². The van der Waals surface area contributed by atoms with Crippen LogP contribution in [0.15, 0.2) is 24.3 Å². The van der Waals surface area contributed by atoms with Crippen molar-refractivity contribution in [2.75, 3.05) is 13.2 Å². The number of rotatable bonds is 4. The second-order valence-corrected chi connectivity index (χ2v) is 8.18. The van der Waals surface area contributed by atoms with Crippen molar-refractivity contribution in [1.82, 2.24) is 0 Å². The molecule has 4 nitrogen and oxygen atoms in total. The summed E-state index contributed by atoms with van der Waals surface area (Å²) in [4.78, 5) is 22.9. The summed E-state index contributed by atoms with van der Waals surface area (Å²) in [6.45, 7) is 8.29. The Morgan fingerprint density at radius 2 is 1.76 bits per heavy atom. The summed E-state index contributed by atoms with van der Waals surface area (Å²) in [5.41, 5.74) is 2.55. The third-order valence-corrected chi connectivity index (χ3v) is 6.33. The molecule has 25 heavy (non-hydrogen) atoms. The van der Waals surface area contributed by atoms with Gasteiger partial charge in [0.05, 0.1) is 13.2 Å². The maximum Gasteiger partial charge on any atom is 0.302 e. The molecule has 0 radical (unpaired) electrons. The normalized spacial score (nSPS) is 33.3. The molecule has 0 amide bonds. The van der Waals surface area contributed by atoms with Gasteiger partial charge in [-0.3, -0.25) is 9.59 Å². The summed E-state index contributed by atoms with van der Waals surface area (Å²) in [5, 5.41) is 0. The molecule has 2 aliphatic rings. The van der Waals surface area contributed by atoms with Gasteiger partial charge in [-0.25, -0.2) is 0 Å². The highest BCUT2D eigenvalue weighted by Gasteiger charge is 2.58. The van der Waals surface area contributed by atoms with Crippen LogP contribution < -0.4 is 0 Å². The average Bonchev–Trinajstić information content (AvgIpc) is 2.82. The van der Waals surface area contributed by atoms with Crippen LogP contribution in [0.25, 0.3) is 0 Å². The fourth-order valence-corrected chi connectivity index (χ4v) is 5.51. The number of fused-ring (bicyclic) bond motifs is 3. The highest BCUT2D eigenvalue weighted by atomic mass is 16.5. The number of carbonyl (C=O) groups excluding carboxylic acids is 2. The summed E-state index contributed by atoms with van der Waals surface area (Å²) in [6.07, 6.45) is 3.24. The fraction of sp³-hybridized carbons (Fsp3) is 0.619. The topological polar surface area (TPSA) is 52.6 Å². The summed E-state index contributed by atoms with van der Waals surface area (Å²) >= 11 is 0. The zero-order valence-corrected chi connectivity index (χ0v) is 15.6. The lowest BCUT2D eigenvalue weighted by Gasteiger charge is -2.50. The zero-order valence-electron chi connectivity index (χ0n) is 15.6. The molecular formula is C21H28O4. The van der Waals surface area contributed by atoms with Crippen LogP contribution in [0.5, 0.6) is 0 Å². The maximum atomic E-state index is 11.4. The van der Waals surface area contributed by atoms with E-state index in [1.54, 1.807) is 0 Å². The Bertz CT molecular complexity index is 682. The minimum absolute atomic E-state index is 0.0224. The Morgan fingerprint density at radius 1 is 1.08 bits per heavy atom. The van der Waals surface area contributed by atoms with Gasteiger partial charge in [0, 0.05) is 25.2 Å². The number of hydrogen-bond donors (Lipinski definition) is 0. The van der Waals surface area contributed by atoms with E-state index in [1.807, 2.05) is 0 Å². The number of benzene rings is 1. The van der Waals surface area contributed by atoms with E-state index < -0.39 is 0 Å². The second-order valence-electron chi connectivity index (χ2n) is 8.18. The monoisotopic (exact) mass is 344 g/mol. The van der Waals surface area contributed by atoms with Crippen molar-refractivity contribution < 1.29 is 19.1 Å². The van der Waals surface area contributed by atoms with Crippen molar-refractivity contribution >= 4 is 11.9 Å². The van der Waals surface area contributed by atoms with Gasteiger partial charge in [0.2, 0.25) is 0 Å². The summed E-state index contributed by atoms with van der Waals surface area (Å²) in [6, 6.07) is 8.53. The third kappa shape index (κ3) is 3.07. The quantitative estimate of drug-likeness (QED) is 0.776. The molecule has 2 aliphatic carbocycles. The molecule has 1 saturated carbocycles. The molecule has 136 valence electrons. The van der Waals surface area contributed by atoms with Gasteiger partial charge in [-0.15, -0.1) is 0 Å². The molecular weight excluding hydrogens is 316 g/mol. The minimum Gasteiger partial charge on any atom is -0.465 e. The molecule has 4 heteroatoms.